The molecule has 1 atom stereocenters. The molecule has 0 saturated carbocycles. The van der Waals surface area contributed by atoms with E-state index in [-0.39, 0.29) is 31.1 Å². The van der Waals surface area contributed by atoms with Crippen molar-refractivity contribution in [3.8, 4) is 0 Å². The van der Waals surface area contributed by atoms with Gasteiger partial charge in [0.25, 0.3) is 0 Å². The summed E-state index contributed by atoms with van der Waals surface area (Å²) in [7, 11) is 0. The maximum absolute atomic E-state index is 12.9. The number of hydrogen-bond donors (Lipinski definition) is 0. The van der Waals surface area contributed by atoms with E-state index < -0.39 is 6.10 Å². The van der Waals surface area contributed by atoms with Crippen LogP contribution in [0.5, 0.6) is 0 Å². The van der Waals surface area contributed by atoms with Crippen LogP contribution in [0.4, 0.5) is 0 Å². The third kappa shape index (κ3) is 64.0. The van der Waals surface area contributed by atoms with E-state index in [1.54, 1.807) is 0 Å². The van der Waals surface area contributed by atoms with Crippen LogP contribution >= 0.6 is 0 Å². The Labute approximate surface area is 487 Å². The van der Waals surface area contributed by atoms with Gasteiger partial charge in [0, 0.05) is 19.3 Å². The number of hydrogen-bond acceptors (Lipinski definition) is 6. The molecule has 6 heteroatoms. The number of ether oxygens (including phenoxy) is 3. The van der Waals surface area contributed by atoms with Gasteiger partial charge in [-0.2, -0.15) is 0 Å². The summed E-state index contributed by atoms with van der Waals surface area (Å²) >= 11 is 0. The summed E-state index contributed by atoms with van der Waals surface area (Å²) in [4.78, 5) is 38.4. The molecule has 0 bridgehead atoms. The molecule has 0 aliphatic carbocycles. The molecule has 0 aromatic heterocycles. The highest BCUT2D eigenvalue weighted by atomic mass is 16.6. The Hall–Kier alpha value is -4.71. The van der Waals surface area contributed by atoms with E-state index in [1.165, 1.54) is 77.0 Å². The highest BCUT2D eigenvalue weighted by molar-refractivity contribution is 5.71. The fraction of sp³-hybridized carbons (Fsp3) is 0.630. The first-order chi connectivity index (χ1) is 39.0. The van der Waals surface area contributed by atoms with Gasteiger partial charge in [-0.25, -0.2) is 0 Å². The molecule has 0 N–H and O–H groups in total. The lowest BCUT2D eigenvalue weighted by Gasteiger charge is -2.18. The molecule has 79 heavy (non-hydrogen) atoms. The molecule has 0 amide bonds. The van der Waals surface area contributed by atoms with E-state index in [4.69, 9.17) is 14.2 Å². The normalized spacial score (nSPS) is 13.1. The third-order valence-corrected chi connectivity index (χ3v) is 13.3. The largest absolute Gasteiger partial charge is 0.462 e. The first kappa shape index (κ1) is 74.3. The molecule has 0 aromatic carbocycles. The summed E-state index contributed by atoms with van der Waals surface area (Å²) in [6, 6.07) is 0. The van der Waals surface area contributed by atoms with Gasteiger partial charge in [-0.15, -0.1) is 0 Å². The van der Waals surface area contributed by atoms with Gasteiger partial charge in [0.05, 0.1) is 0 Å². The van der Waals surface area contributed by atoms with Crippen molar-refractivity contribution >= 4 is 17.9 Å². The molecule has 0 spiro atoms. The van der Waals surface area contributed by atoms with Crippen molar-refractivity contribution < 1.29 is 28.6 Å². The molecule has 0 aromatic rings. The van der Waals surface area contributed by atoms with E-state index in [0.29, 0.717) is 19.3 Å². The highest BCUT2D eigenvalue weighted by Crippen LogP contribution is 2.15. The molecule has 0 heterocycles. The van der Waals surface area contributed by atoms with Crippen molar-refractivity contribution in [2.75, 3.05) is 13.2 Å². The van der Waals surface area contributed by atoms with Gasteiger partial charge in [0.1, 0.15) is 13.2 Å². The number of allylic oxidation sites excluding steroid dienone is 24. The number of unbranched alkanes of at least 4 members (excludes halogenated alkanes) is 22. The van der Waals surface area contributed by atoms with Crippen LogP contribution in [0.25, 0.3) is 0 Å². The minimum Gasteiger partial charge on any atom is -0.462 e. The first-order valence-electron chi connectivity index (χ1n) is 32.3. The average molecular weight is 1090 g/mol. The minimum atomic E-state index is -0.801. The predicted molar refractivity (Wildman–Crippen MR) is 343 cm³/mol. The summed E-state index contributed by atoms with van der Waals surface area (Å²) < 4.78 is 16.9. The molecule has 446 valence electrons. The zero-order valence-corrected chi connectivity index (χ0v) is 51.1. The Kier molecular flexibility index (Phi) is 61.9. The van der Waals surface area contributed by atoms with Crippen molar-refractivity contribution in [2.45, 2.75) is 284 Å². The van der Waals surface area contributed by atoms with Crippen LogP contribution in [0.15, 0.2) is 146 Å². The molecule has 6 nitrogen and oxygen atoms in total. The molecule has 0 aliphatic rings. The maximum atomic E-state index is 12.9. The number of carbonyl (C=O) groups is 3. The topological polar surface area (TPSA) is 78.9 Å². The monoisotopic (exact) mass is 1090 g/mol. The van der Waals surface area contributed by atoms with Gasteiger partial charge in [0.15, 0.2) is 6.10 Å². The van der Waals surface area contributed by atoms with Crippen molar-refractivity contribution in [3.63, 3.8) is 0 Å². The van der Waals surface area contributed by atoms with Crippen LogP contribution in [0.2, 0.25) is 0 Å². The lowest BCUT2D eigenvalue weighted by molar-refractivity contribution is -0.167. The Balaban J connectivity index is 4.43. The molecule has 0 aliphatic heterocycles. The third-order valence-electron chi connectivity index (χ3n) is 13.3. The van der Waals surface area contributed by atoms with Gasteiger partial charge >= 0.3 is 17.9 Å². The Bertz CT molecular complexity index is 1730. The van der Waals surface area contributed by atoms with Crippen molar-refractivity contribution in [3.05, 3.63) is 146 Å². The lowest BCUT2D eigenvalue weighted by Crippen LogP contribution is -2.30. The second kappa shape index (κ2) is 65.8. The first-order valence-corrected chi connectivity index (χ1v) is 32.3. The second-order valence-corrected chi connectivity index (χ2v) is 20.9. The lowest BCUT2D eigenvalue weighted by atomic mass is 10.1. The van der Waals surface area contributed by atoms with Gasteiger partial charge in [-0.1, -0.05) is 269 Å². The van der Waals surface area contributed by atoms with E-state index in [2.05, 4.69) is 167 Å². The van der Waals surface area contributed by atoms with Gasteiger partial charge in [-0.3, -0.25) is 14.4 Å². The second-order valence-electron chi connectivity index (χ2n) is 20.9. The number of esters is 3. The van der Waals surface area contributed by atoms with E-state index in [0.717, 1.165) is 161 Å². The van der Waals surface area contributed by atoms with Crippen LogP contribution < -0.4 is 0 Å². The fourth-order valence-corrected chi connectivity index (χ4v) is 8.59. The Morgan fingerprint density at radius 3 is 0.709 bits per heavy atom. The van der Waals surface area contributed by atoms with E-state index >= 15 is 0 Å². The molecule has 0 radical (unpaired) electrons. The number of carbonyl (C=O) groups excluding carboxylic acids is 3. The predicted octanol–water partition coefficient (Wildman–Crippen LogP) is 22.3. The molecule has 0 rings (SSSR count). The zero-order valence-electron chi connectivity index (χ0n) is 51.1. The standard InChI is InChI=1S/C73H118O6/c1-4-7-10-13-16-19-22-25-28-31-33-34-35-36-37-38-40-42-45-48-51-54-57-60-63-66-72(75)78-69-70(68-77-71(74)65-62-59-56-53-50-47-44-41-30-27-24-21-18-15-12-9-6-3)79-73(76)67-64-61-58-55-52-49-46-43-39-32-29-26-23-20-17-14-11-8-5-2/h7-12,16-21,25-30,33-34,36-37,39,43,70H,4-6,13-15,22-24,31-32,35,38,40-42,44-69H2,1-3H3/b10-7-,11-8-,12-9-,19-16-,20-17-,21-18-,28-25-,29-26-,30-27-,34-33-,37-36-,43-39-. The summed E-state index contributed by atoms with van der Waals surface area (Å²) in [5.74, 6) is -0.923. The van der Waals surface area contributed by atoms with Crippen molar-refractivity contribution in [1.29, 1.82) is 0 Å². The van der Waals surface area contributed by atoms with E-state index in [9.17, 15) is 14.4 Å². The summed E-state index contributed by atoms with van der Waals surface area (Å²) in [5, 5.41) is 0. The van der Waals surface area contributed by atoms with Gasteiger partial charge in [-0.05, 0) is 135 Å². The van der Waals surface area contributed by atoms with Crippen LogP contribution in [-0.2, 0) is 28.6 Å². The number of rotatable bonds is 57. The van der Waals surface area contributed by atoms with Crippen LogP contribution in [-0.4, -0.2) is 37.2 Å². The summed E-state index contributed by atoms with van der Waals surface area (Å²) in [5.41, 5.74) is 0. The Morgan fingerprint density at radius 2 is 0.456 bits per heavy atom. The average Bonchev–Trinajstić information content (AvgIpc) is 3.45. The molecular formula is C73H118O6. The summed E-state index contributed by atoms with van der Waals surface area (Å²) in [6.45, 7) is 6.29. The fourth-order valence-electron chi connectivity index (χ4n) is 8.59. The zero-order chi connectivity index (χ0) is 57.1. The van der Waals surface area contributed by atoms with Crippen LogP contribution in [0, 0.1) is 0 Å². The maximum Gasteiger partial charge on any atom is 0.306 e. The molecule has 1 unspecified atom stereocenters. The Morgan fingerprint density at radius 1 is 0.253 bits per heavy atom. The van der Waals surface area contributed by atoms with Gasteiger partial charge in [0.2, 0.25) is 0 Å². The molecule has 0 fully saturated rings. The highest BCUT2D eigenvalue weighted by Gasteiger charge is 2.19. The SMILES string of the molecule is CC/C=C\C/C=C\C/C=C\C/C=C\C/C=C\CCCCCCCCCCCC(=O)OCC(COC(=O)CCCCCCCCC/C=C\C/C=C\C/C=C\CC)OC(=O)CCCCCCCC/C=C\C/C=C\C/C=C\C/C=C\CC. The van der Waals surface area contributed by atoms with Gasteiger partial charge < -0.3 is 14.2 Å². The van der Waals surface area contributed by atoms with Crippen LogP contribution in [0.3, 0.4) is 0 Å². The van der Waals surface area contributed by atoms with Crippen molar-refractivity contribution in [2.24, 2.45) is 0 Å². The molecule has 0 saturated heterocycles. The molecular weight excluding hydrogens is 973 g/mol. The minimum absolute atomic E-state index is 0.0952. The van der Waals surface area contributed by atoms with Crippen molar-refractivity contribution in [1.82, 2.24) is 0 Å². The van der Waals surface area contributed by atoms with E-state index in [1.807, 2.05) is 0 Å². The smallest absolute Gasteiger partial charge is 0.306 e. The van der Waals surface area contributed by atoms with Crippen LogP contribution in [0.1, 0.15) is 278 Å². The quantitative estimate of drug-likeness (QED) is 0.0261. The summed E-state index contributed by atoms with van der Waals surface area (Å²) in [6.07, 6.45) is 94.1.